The van der Waals surface area contributed by atoms with Crippen LogP contribution in [0.15, 0.2) is 24.3 Å². The zero-order chi connectivity index (χ0) is 14.6. The Morgan fingerprint density at radius 3 is 2.70 bits per heavy atom. The van der Waals surface area contributed by atoms with Crippen molar-refractivity contribution in [3.05, 3.63) is 35.4 Å². The summed E-state index contributed by atoms with van der Waals surface area (Å²) < 4.78 is 14.3. The minimum atomic E-state index is -0.944. The Labute approximate surface area is 120 Å². The highest BCUT2D eigenvalue weighted by molar-refractivity contribution is 5.34. The van der Waals surface area contributed by atoms with E-state index in [-0.39, 0.29) is 0 Å². The molecule has 2 rings (SSSR count). The summed E-state index contributed by atoms with van der Waals surface area (Å²) >= 11 is 0. The van der Waals surface area contributed by atoms with Gasteiger partial charge in [0.1, 0.15) is 6.17 Å². The van der Waals surface area contributed by atoms with Crippen LogP contribution in [0.4, 0.5) is 4.39 Å². The van der Waals surface area contributed by atoms with E-state index in [1.54, 1.807) is 0 Å². The van der Waals surface area contributed by atoms with E-state index in [2.05, 4.69) is 16.9 Å². The maximum Gasteiger partial charge on any atom is 0.119 e. The molecule has 0 spiro atoms. The minimum absolute atomic E-state index is 0.291. The third-order valence-electron chi connectivity index (χ3n) is 4.18. The lowest BCUT2D eigenvalue weighted by Crippen LogP contribution is -2.47. The summed E-state index contributed by atoms with van der Waals surface area (Å²) in [6, 6.07) is 9.91. The van der Waals surface area contributed by atoms with Gasteiger partial charge in [0.25, 0.3) is 0 Å². The Balaban J connectivity index is 1.96. The molecule has 0 saturated carbocycles. The van der Waals surface area contributed by atoms with Crippen molar-refractivity contribution in [1.82, 2.24) is 4.90 Å². The van der Waals surface area contributed by atoms with Crippen LogP contribution in [0.5, 0.6) is 0 Å². The first-order valence-electron chi connectivity index (χ1n) is 6.86. The standard InChI is InChI=1S/C17H19FN2/c1-3-14-4-6-15(7-5-14)12-20-11-9-17(2,8-10-19)16(18)13-20/h1,4-7,16H,8-9,11-13H2,2H3. The maximum absolute atomic E-state index is 14.3. The molecule has 0 aromatic heterocycles. The summed E-state index contributed by atoms with van der Waals surface area (Å²) in [5.41, 5.74) is 1.51. The fraction of sp³-hybridized carbons (Fsp3) is 0.471. The number of benzene rings is 1. The van der Waals surface area contributed by atoms with E-state index in [0.717, 1.165) is 30.6 Å². The molecule has 0 radical (unpaired) electrons. The lowest BCUT2D eigenvalue weighted by Gasteiger charge is -2.41. The summed E-state index contributed by atoms with van der Waals surface area (Å²) in [6.07, 6.45) is 5.40. The smallest absolute Gasteiger partial charge is 0.119 e. The van der Waals surface area contributed by atoms with Crippen LogP contribution in [-0.4, -0.2) is 24.2 Å². The third-order valence-corrected chi connectivity index (χ3v) is 4.18. The topological polar surface area (TPSA) is 27.0 Å². The molecule has 0 bridgehead atoms. The van der Waals surface area contributed by atoms with Crippen LogP contribution in [-0.2, 0) is 6.54 Å². The van der Waals surface area contributed by atoms with E-state index in [9.17, 15) is 4.39 Å². The van der Waals surface area contributed by atoms with Gasteiger partial charge in [-0.2, -0.15) is 5.26 Å². The summed E-state index contributed by atoms with van der Waals surface area (Å²) in [7, 11) is 0. The Kier molecular flexibility index (Phi) is 4.42. The summed E-state index contributed by atoms with van der Waals surface area (Å²) in [5.74, 6) is 2.59. The second-order valence-electron chi connectivity index (χ2n) is 5.78. The zero-order valence-corrected chi connectivity index (χ0v) is 11.8. The predicted octanol–water partition coefficient (Wildman–Crippen LogP) is 3.13. The van der Waals surface area contributed by atoms with Crippen molar-refractivity contribution in [3.8, 4) is 18.4 Å². The predicted molar refractivity (Wildman–Crippen MR) is 77.5 cm³/mol. The van der Waals surface area contributed by atoms with Gasteiger partial charge in [0.05, 0.1) is 6.07 Å². The highest BCUT2D eigenvalue weighted by atomic mass is 19.1. The van der Waals surface area contributed by atoms with Crippen molar-refractivity contribution in [2.24, 2.45) is 5.41 Å². The monoisotopic (exact) mass is 270 g/mol. The number of terminal acetylenes is 1. The number of halogens is 1. The Morgan fingerprint density at radius 2 is 2.15 bits per heavy atom. The molecule has 1 heterocycles. The van der Waals surface area contributed by atoms with Crippen molar-refractivity contribution in [2.45, 2.75) is 32.5 Å². The van der Waals surface area contributed by atoms with Crippen LogP contribution < -0.4 is 0 Å². The van der Waals surface area contributed by atoms with Crippen molar-refractivity contribution in [1.29, 1.82) is 5.26 Å². The van der Waals surface area contributed by atoms with Gasteiger partial charge in [-0.3, -0.25) is 4.90 Å². The van der Waals surface area contributed by atoms with E-state index in [1.165, 1.54) is 0 Å². The van der Waals surface area contributed by atoms with Crippen molar-refractivity contribution in [2.75, 3.05) is 13.1 Å². The molecule has 1 aliphatic rings. The van der Waals surface area contributed by atoms with E-state index in [1.807, 2.05) is 31.2 Å². The van der Waals surface area contributed by atoms with Gasteiger partial charge < -0.3 is 0 Å². The number of likely N-dealkylation sites (tertiary alicyclic amines) is 1. The number of nitriles is 1. The average molecular weight is 270 g/mol. The number of piperidine rings is 1. The molecular formula is C17H19FN2. The summed E-state index contributed by atoms with van der Waals surface area (Å²) in [6.45, 7) is 3.83. The molecule has 1 fully saturated rings. The molecule has 0 N–H and O–H groups in total. The zero-order valence-electron chi connectivity index (χ0n) is 11.8. The molecule has 0 amide bonds. The quantitative estimate of drug-likeness (QED) is 0.789. The van der Waals surface area contributed by atoms with Gasteiger partial charge in [-0.25, -0.2) is 4.39 Å². The van der Waals surface area contributed by atoms with E-state index in [0.29, 0.717) is 13.0 Å². The van der Waals surface area contributed by atoms with Crippen LogP contribution in [0.2, 0.25) is 0 Å². The molecule has 20 heavy (non-hydrogen) atoms. The molecule has 2 unspecified atom stereocenters. The number of hydrogen-bond donors (Lipinski definition) is 0. The first-order valence-corrected chi connectivity index (χ1v) is 6.86. The van der Waals surface area contributed by atoms with Crippen LogP contribution in [0.1, 0.15) is 30.9 Å². The fourth-order valence-corrected chi connectivity index (χ4v) is 2.60. The van der Waals surface area contributed by atoms with E-state index in [4.69, 9.17) is 11.7 Å². The molecule has 1 aliphatic heterocycles. The van der Waals surface area contributed by atoms with Crippen LogP contribution >= 0.6 is 0 Å². The molecule has 3 heteroatoms. The number of hydrogen-bond acceptors (Lipinski definition) is 2. The van der Waals surface area contributed by atoms with Crippen LogP contribution in [0.3, 0.4) is 0 Å². The van der Waals surface area contributed by atoms with Crippen LogP contribution in [0.25, 0.3) is 0 Å². The molecule has 1 saturated heterocycles. The number of rotatable bonds is 3. The second kappa shape index (κ2) is 6.07. The second-order valence-corrected chi connectivity index (χ2v) is 5.78. The minimum Gasteiger partial charge on any atom is -0.296 e. The summed E-state index contributed by atoms with van der Waals surface area (Å²) in [5, 5.41) is 8.81. The van der Waals surface area contributed by atoms with Gasteiger partial charge in [0.15, 0.2) is 0 Å². The van der Waals surface area contributed by atoms with Gasteiger partial charge in [-0.1, -0.05) is 25.0 Å². The molecule has 2 nitrogen and oxygen atoms in total. The lowest BCUT2D eigenvalue weighted by atomic mass is 9.76. The van der Waals surface area contributed by atoms with Gasteiger partial charge in [0, 0.05) is 30.5 Å². The summed E-state index contributed by atoms with van der Waals surface area (Å²) in [4.78, 5) is 2.11. The normalized spacial score (nSPS) is 26.7. The van der Waals surface area contributed by atoms with Crippen molar-refractivity contribution in [3.63, 3.8) is 0 Å². The molecule has 1 aromatic carbocycles. The first-order chi connectivity index (χ1) is 9.57. The van der Waals surface area contributed by atoms with Gasteiger partial charge >= 0.3 is 0 Å². The SMILES string of the molecule is C#Cc1ccc(CN2CCC(C)(CC#N)C(F)C2)cc1. The van der Waals surface area contributed by atoms with Crippen molar-refractivity contribution < 1.29 is 4.39 Å². The fourth-order valence-electron chi connectivity index (χ4n) is 2.60. The number of nitrogens with zero attached hydrogens (tertiary/aromatic N) is 2. The maximum atomic E-state index is 14.3. The van der Waals surface area contributed by atoms with Gasteiger partial charge in [-0.15, -0.1) is 6.42 Å². The lowest BCUT2D eigenvalue weighted by molar-refractivity contribution is 0.0186. The largest absolute Gasteiger partial charge is 0.296 e. The molecule has 0 aliphatic carbocycles. The van der Waals surface area contributed by atoms with Gasteiger partial charge in [0.2, 0.25) is 0 Å². The first kappa shape index (κ1) is 14.6. The molecule has 1 aromatic rings. The molecular weight excluding hydrogens is 251 g/mol. The Bertz CT molecular complexity index is 538. The molecule has 2 atom stereocenters. The van der Waals surface area contributed by atoms with Crippen molar-refractivity contribution >= 4 is 0 Å². The van der Waals surface area contributed by atoms with E-state index >= 15 is 0 Å². The Hall–Kier alpha value is -1.84. The van der Waals surface area contributed by atoms with E-state index < -0.39 is 11.6 Å². The Morgan fingerprint density at radius 1 is 1.45 bits per heavy atom. The number of alkyl halides is 1. The van der Waals surface area contributed by atoms with Gasteiger partial charge in [-0.05, 0) is 30.7 Å². The highest BCUT2D eigenvalue weighted by Crippen LogP contribution is 2.36. The third kappa shape index (κ3) is 3.18. The van der Waals surface area contributed by atoms with Crippen LogP contribution in [0, 0.1) is 29.1 Å². The molecule has 104 valence electrons. The highest BCUT2D eigenvalue weighted by Gasteiger charge is 2.39. The average Bonchev–Trinajstić information content (AvgIpc) is 2.44.